The molecule has 6 nitrogen and oxygen atoms in total. The quantitative estimate of drug-likeness (QED) is 0.499. The van der Waals surface area contributed by atoms with E-state index in [1.807, 2.05) is 55.7 Å². The molecule has 1 atom stereocenters. The fourth-order valence-electron chi connectivity index (χ4n) is 2.21. The molecule has 1 aromatic carbocycles. The zero-order chi connectivity index (χ0) is 17.1. The molecule has 7 heteroatoms. The lowest BCUT2D eigenvalue weighted by molar-refractivity contribution is 0.508. The number of aryl methyl sites for hydroxylation is 2. The predicted molar refractivity (Wildman–Crippen MR) is 93.7 cm³/mol. The van der Waals surface area contributed by atoms with E-state index in [-0.39, 0.29) is 5.25 Å². The molecule has 0 saturated heterocycles. The first-order chi connectivity index (χ1) is 11.6. The number of hydrogen-bond acceptors (Lipinski definition) is 6. The summed E-state index contributed by atoms with van der Waals surface area (Å²) in [4.78, 5) is 0. The first-order valence-electron chi connectivity index (χ1n) is 7.66. The van der Waals surface area contributed by atoms with Gasteiger partial charge in [0.2, 0.25) is 11.8 Å². The SMILES string of the molecule is C=CCn1c(C)nnc1SC(C)c1nnc(-c2ccc(C)cc2)o1. The Bertz CT molecular complexity index is 837. The van der Waals surface area contributed by atoms with Crippen molar-refractivity contribution in [2.45, 2.75) is 37.7 Å². The van der Waals surface area contributed by atoms with Crippen LogP contribution in [0.1, 0.15) is 29.5 Å². The minimum Gasteiger partial charge on any atom is -0.419 e. The second kappa shape index (κ2) is 7.00. The average molecular weight is 341 g/mol. The number of allylic oxidation sites excluding steroid dienone is 1. The summed E-state index contributed by atoms with van der Waals surface area (Å²) in [5.74, 6) is 1.96. The lowest BCUT2D eigenvalue weighted by atomic mass is 10.1. The number of aromatic nitrogens is 5. The third-order valence-electron chi connectivity index (χ3n) is 3.58. The van der Waals surface area contributed by atoms with E-state index in [4.69, 9.17) is 4.42 Å². The van der Waals surface area contributed by atoms with Gasteiger partial charge in [0.25, 0.3) is 0 Å². The molecule has 0 amide bonds. The normalized spacial score (nSPS) is 12.3. The maximum absolute atomic E-state index is 5.83. The van der Waals surface area contributed by atoms with Gasteiger partial charge in [0.15, 0.2) is 5.16 Å². The van der Waals surface area contributed by atoms with Crippen LogP contribution in [-0.2, 0) is 6.54 Å². The third kappa shape index (κ3) is 3.41. The molecule has 0 aliphatic rings. The summed E-state index contributed by atoms with van der Waals surface area (Å²) in [6.45, 7) is 10.4. The smallest absolute Gasteiger partial charge is 0.247 e. The Hall–Kier alpha value is -2.41. The molecule has 0 bridgehead atoms. The van der Waals surface area contributed by atoms with Gasteiger partial charge in [0.05, 0.1) is 5.25 Å². The molecule has 2 heterocycles. The molecule has 3 rings (SSSR count). The molecule has 0 spiro atoms. The number of nitrogens with zero attached hydrogens (tertiary/aromatic N) is 5. The lowest BCUT2D eigenvalue weighted by Crippen LogP contribution is -2.01. The summed E-state index contributed by atoms with van der Waals surface area (Å²) >= 11 is 1.54. The topological polar surface area (TPSA) is 69.6 Å². The summed E-state index contributed by atoms with van der Waals surface area (Å²) in [6.07, 6.45) is 1.83. The second-order valence-electron chi connectivity index (χ2n) is 5.50. The molecule has 1 unspecified atom stereocenters. The Morgan fingerprint density at radius 2 is 1.92 bits per heavy atom. The standard InChI is InChI=1S/C17H19N5OS/c1-5-10-22-13(4)18-21-17(22)24-12(3)15-19-20-16(23-15)14-8-6-11(2)7-9-14/h5-9,12H,1,10H2,2-4H3. The van der Waals surface area contributed by atoms with E-state index in [1.54, 1.807) is 11.8 Å². The van der Waals surface area contributed by atoms with Gasteiger partial charge < -0.3 is 8.98 Å². The maximum atomic E-state index is 5.83. The summed E-state index contributed by atoms with van der Waals surface area (Å²) in [6, 6.07) is 8.01. The first kappa shape index (κ1) is 16.4. The Labute approximate surface area is 145 Å². The van der Waals surface area contributed by atoms with E-state index in [1.165, 1.54) is 5.56 Å². The number of benzene rings is 1. The van der Waals surface area contributed by atoms with Crippen molar-refractivity contribution in [2.75, 3.05) is 0 Å². The zero-order valence-electron chi connectivity index (χ0n) is 13.9. The van der Waals surface area contributed by atoms with Gasteiger partial charge >= 0.3 is 0 Å². The minimum absolute atomic E-state index is 0.0242. The van der Waals surface area contributed by atoms with Crippen LogP contribution in [0.25, 0.3) is 11.5 Å². The fraction of sp³-hybridized carbons (Fsp3) is 0.294. The van der Waals surface area contributed by atoms with Gasteiger partial charge in [-0.1, -0.05) is 35.5 Å². The van der Waals surface area contributed by atoms with Crippen molar-refractivity contribution >= 4 is 11.8 Å². The van der Waals surface area contributed by atoms with Gasteiger partial charge in [-0.2, -0.15) is 0 Å². The summed E-state index contributed by atoms with van der Waals surface area (Å²) in [7, 11) is 0. The van der Waals surface area contributed by atoms with E-state index in [0.29, 0.717) is 18.3 Å². The van der Waals surface area contributed by atoms with Gasteiger partial charge in [0.1, 0.15) is 5.82 Å². The molecule has 0 saturated carbocycles. The van der Waals surface area contributed by atoms with Crippen molar-refractivity contribution < 1.29 is 4.42 Å². The van der Waals surface area contributed by atoms with Gasteiger partial charge in [-0.15, -0.1) is 27.0 Å². The summed E-state index contributed by atoms with van der Waals surface area (Å²) in [5.41, 5.74) is 2.11. The molecular weight excluding hydrogens is 322 g/mol. The van der Waals surface area contributed by atoms with Crippen molar-refractivity contribution in [3.63, 3.8) is 0 Å². The van der Waals surface area contributed by atoms with Crippen molar-refractivity contribution in [3.8, 4) is 11.5 Å². The van der Waals surface area contributed by atoms with E-state index in [9.17, 15) is 0 Å². The first-order valence-corrected chi connectivity index (χ1v) is 8.54. The molecule has 3 aromatic rings. The van der Waals surface area contributed by atoms with Crippen molar-refractivity contribution in [1.29, 1.82) is 0 Å². The van der Waals surface area contributed by atoms with Gasteiger partial charge in [-0.25, -0.2) is 0 Å². The van der Waals surface area contributed by atoms with Crippen LogP contribution < -0.4 is 0 Å². The summed E-state index contributed by atoms with van der Waals surface area (Å²) in [5, 5.41) is 17.5. The van der Waals surface area contributed by atoms with Gasteiger partial charge in [-0.3, -0.25) is 0 Å². The highest BCUT2D eigenvalue weighted by Crippen LogP contribution is 2.34. The largest absolute Gasteiger partial charge is 0.419 e. The van der Waals surface area contributed by atoms with E-state index in [2.05, 4.69) is 27.0 Å². The Morgan fingerprint density at radius 3 is 2.62 bits per heavy atom. The molecule has 0 fully saturated rings. The third-order valence-corrected chi connectivity index (χ3v) is 4.65. The number of rotatable bonds is 6. The zero-order valence-corrected chi connectivity index (χ0v) is 14.7. The molecule has 2 aromatic heterocycles. The van der Waals surface area contributed by atoms with Gasteiger partial charge in [0, 0.05) is 12.1 Å². The summed E-state index contributed by atoms with van der Waals surface area (Å²) < 4.78 is 7.83. The van der Waals surface area contributed by atoms with Crippen LogP contribution in [0.3, 0.4) is 0 Å². The number of thioether (sulfide) groups is 1. The van der Waals surface area contributed by atoms with Crippen molar-refractivity contribution in [2.24, 2.45) is 0 Å². The second-order valence-corrected chi connectivity index (χ2v) is 6.81. The number of hydrogen-bond donors (Lipinski definition) is 0. The Kier molecular flexibility index (Phi) is 4.80. The van der Waals surface area contributed by atoms with Crippen LogP contribution in [0.2, 0.25) is 0 Å². The molecular formula is C17H19N5OS. The maximum Gasteiger partial charge on any atom is 0.247 e. The van der Waals surface area contributed by atoms with Crippen molar-refractivity contribution in [1.82, 2.24) is 25.0 Å². The van der Waals surface area contributed by atoms with Crippen LogP contribution >= 0.6 is 11.8 Å². The van der Waals surface area contributed by atoms with Crippen LogP contribution in [-0.4, -0.2) is 25.0 Å². The highest BCUT2D eigenvalue weighted by atomic mass is 32.2. The van der Waals surface area contributed by atoms with E-state index in [0.717, 1.165) is 16.5 Å². The predicted octanol–water partition coefficient (Wildman–Crippen LogP) is 3.98. The van der Waals surface area contributed by atoms with Crippen LogP contribution in [0.4, 0.5) is 0 Å². The highest BCUT2D eigenvalue weighted by molar-refractivity contribution is 7.99. The molecule has 24 heavy (non-hydrogen) atoms. The Morgan fingerprint density at radius 1 is 1.17 bits per heavy atom. The van der Waals surface area contributed by atoms with E-state index >= 15 is 0 Å². The highest BCUT2D eigenvalue weighted by Gasteiger charge is 2.19. The molecule has 0 aliphatic carbocycles. The Balaban J connectivity index is 1.78. The van der Waals surface area contributed by atoms with Crippen LogP contribution in [0.15, 0.2) is 46.5 Å². The van der Waals surface area contributed by atoms with Gasteiger partial charge in [-0.05, 0) is 32.9 Å². The van der Waals surface area contributed by atoms with Crippen LogP contribution in [0.5, 0.6) is 0 Å². The molecule has 0 aliphatic heterocycles. The van der Waals surface area contributed by atoms with E-state index < -0.39 is 0 Å². The fourth-order valence-corrected chi connectivity index (χ4v) is 3.14. The lowest BCUT2D eigenvalue weighted by Gasteiger charge is -2.08. The van der Waals surface area contributed by atoms with Crippen molar-refractivity contribution in [3.05, 3.63) is 54.2 Å². The monoisotopic (exact) mass is 341 g/mol. The average Bonchev–Trinajstić information content (AvgIpc) is 3.18. The van der Waals surface area contributed by atoms with Crippen LogP contribution in [0, 0.1) is 13.8 Å². The molecule has 0 radical (unpaired) electrons. The minimum atomic E-state index is -0.0242. The molecule has 0 N–H and O–H groups in total. The molecule has 124 valence electrons.